The van der Waals surface area contributed by atoms with Crippen LogP contribution in [0.3, 0.4) is 0 Å². The minimum Gasteiger partial charge on any atom is -0.364 e. The van der Waals surface area contributed by atoms with Crippen LogP contribution in [0.5, 0.6) is 0 Å². The first-order valence-electron chi connectivity index (χ1n) is 3.73. The number of rotatable bonds is 4. The molecule has 0 fully saturated rings. The largest absolute Gasteiger partial charge is 0.404 e. The molecule has 0 aromatic heterocycles. The molecule has 0 saturated carbocycles. The minimum atomic E-state index is -1.95. The Balaban J connectivity index is 3.94. The zero-order valence-corrected chi connectivity index (χ0v) is 7.63. The van der Waals surface area contributed by atoms with E-state index >= 15 is 0 Å². The number of nitrogens with two attached hydrogens (primary N) is 1. The molecule has 1 unspecified atom stereocenters. The summed E-state index contributed by atoms with van der Waals surface area (Å²) in [5.74, 6) is -3.14. The molecule has 0 spiro atoms. The molecule has 0 aromatic rings. The number of nitrogens with one attached hydrogen (secondary N) is 1. The van der Waals surface area contributed by atoms with E-state index in [-0.39, 0.29) is 0 Å². The van der Waals surface area contributed by atoms with Crippen molar-refractivity contribution in [3.8, 4) is 0 Å². The van der Waals surface area contributed by atoms with Gasteiger partial charge in [-0.25, -0.2) is 19.4 Å². The van der Waals surface area contributed by atoms with Gasteiger partial charge in [-0.05, 0) is 0 Å². The Morgan fingerprint density at radius 2 is 2.07 bits per heavy atom. The van der Waals surface area contributed by atoms with Crippen LogP contribution in [0.1, 0.15) is 0 Å². The fourth-order valence-electron chi connectivity index (χ4n) is 0.432. The smallest absolute Gasteiger partial charge is 0.364 e. The van der Waals surface area contributed by atoms with E-state index in [1.165, 1.54) is 0 Å². The molecule has 15 heavy (non-hydrogen) atoms. The van der Waals surface area contributed by atoms with Crippen molar-refractivity contribution in [2.24, 2.45) is 5.73 Å². The van der Waals surface area contributed by atoms with Crippen molar-refractivity contribution in [3.05, 3.63) is 12.7 Å². The highest BCUT2D eigenvalue weighted by Gasteiger charge is 2.20. The molecular weight excluding hydrogens is 208 g/mol. The molecule has 0 rings (SSSR count). The van der Waals surface area contributed by atoms with Crippen LogP contribution in [0.2, 0.25) is 0 Å². The number of carbonyl (C=O) groups is 3. The second kappa shape index (κ2) is 6.51. The topological polar surface area (TPSA) is 128 Å². The van der Waals surface area contributed by atoms with Crippen LogP contribution in [0, 0.1) is 0 Å². The quantitative estimate of drug-likeness (QED) is 0.207. The van der Waals surface area contributed by atoms with E-state index in [2.05, 4.69) is 16.4 Å². The molecule has 0 aliphatic rings. The Morgan fingerprint density at radius 1 is 1.47 bits per heavy atom. The summed E-state index contributed by atoms with van der Waals surface area (Å²) in [5.41, 5.74) is 4.89. The van der Waals surface area contributed by atoms with E-state index in [4.69, 9.17) is 10.8 Å². The average molecular weight is 218 g/mol. The van der Waals surface area contributed by atoms with Gasteiger partial charge in [0.25, 0.3) is 0 Å². The van der Waals surface area contributed by atoms with Crippen LogP contribution >= 0.6 is 0 Å². The monoisotopic (exact) mass is 218 g/mol. The van der Waals surface area contributed by atoms with Crippen molar-refractivity contribution >= 4 is 17.8 Å². The third-order valence-electron chi connectivity index (χ3n) is 1.08. The van der Waals surface area contributed by atoms with Crippen molar-refractivity contribution in [1.82, 2.24) is 5.32 Å². The summed E-state index contributed by atoms with van der Waals surface area (Å²) in [5, 5.41) is 10.7. The summed E-state index contributed by atoms with van der Waals surface area (Å²) in [4.78, 5) is 39.5. The number of carbonyl (C=O) groups excluding carboxylic acids is 3. The summed E-state index contributed by atoms with van der Waals surface area (Å²) >= 11 is 0. The molecule has 0 heterocycles. The maximum Gasteiger partial charge on any atom is 0.404 e. The van der Waals surface area contributed by atoms with Gasteiger partial charge in [0.2, 0.25) is 12.1 Å². The minimum absolute atomic E-state index is 0.406. The standard InChI is InChI=1S/C7H10N2O6/c1-2-5(11)14-15-7(13)6(12)9-4(10)3-8/h2,6,12H,1,3,8H2,(H,9,10). The van der Waals surface area contributed by atoms with E-state index in [1.54, 1.807) is 5.32 Å². The maximum absolute atomic E-state index is 10.8. The van der Waals surface area contributed by atoms with Gasteiger partial charge in [-0.3, -0.25) is 4.79 Å². The third-order valence-corrected chi connectivity index (χ3v) is 1.08. The fourth-order valence-corrected chi connectivity index (χ4v) is 0.432. The van der Waals surface area contributed by atoms with Crippen LogP contribution in [-0.2, 0) is 24.2 Å². The van der Waals surface area contributed by atoms with Gasteiger partial charge in [0.1, 0.15) is 0 Å². The number of hydrogen-bond acceptors (Lipinski definition) is 7. The molecule has 0 bridgehead atoms. The first kappa shape index (κ1) is 13.1. The molecule has 8 heteroatoms. The van der Waals surface area contributed by atoms with Crippen molar-refractivity contribution in [2.45, 2.75) is 6.23 Å². The number of hydrogen-bond donors (Lipinski definition) is 3. The highest BCUT2D eigenvalue weighted by molar-refractivity contribution is 5.85. The summed E-state index contributed by atoms with van der Waals surface area (Å²) in [7, 11) is 0. The molecule has 0 aliphatic carbocycles. The van der Waals surface area contributed by atoms with Crippen LogP contribution in [0.4, 0.5) is 0 Å². The molecule has 8 nitrogen and oxygen atoms in total. The van der Waals surface area contributed by atoms with E-state index < -0.39 is 30.6 Å². The molecular formula is C7H10N2O6. The highest BCUT2D eigenvalue weighted by Crippen LogP contribution is 1.88. The zero-order valence-electron chi connectivity index (χ0n) is 7.63. The molecule has 0 aliphatic heterocycles. The lowest BCUT2D eigenvalue weighted by molar-refractivity contribution is -0.261. The summed E-state index contributed by atoms with van der Waals surface area (Å²) in [6.45, 7) is 2.62. The van der Waals surface area contributed by atoms with Gasteiger partial charge in [-0.2, -0.15) is 0 Å². The summed E-state index contributed by atoms with van der Waals surface area (Å²) in [6, 6.07) is 0. The van der Waals surface area contributed by atoms with Gasteiger partial charge in [0.05, 0.1) is 6.54 Å². The van der Waals surface area contributed by atoms with Crippen LogP contribution in [0.15, 0.2) is 12.7 Å². The molecule has 84 valence electrons. The predicted molar refractivity (Wildman–Crippen MR) is 45.6 cm³/mol. The van der Waals surface area contributed by atoms with Gasteiger partial charge in [-0.15, -0.1) is 0 Å². The zero-order chi connectivity index (χ0) is 11.8. The van der Waals surface area contributed by atoms with Crippen molar-refractivity contribution < 1.29 is 29.3 Å². The van der Waals surface area contributed by atoms with E-state index in [0.717, 1.165) is 6.08 Å². The maximum atomic E-state index is 10.8. The molecule has 0 saturated heterocycles. The second-order valence-corrected chi connectivity index (χ2v) is 2.18. The Kier molecular flexibility index (Phi) is 5.67. The Morgan fingerprint density at radius 3 is 2.53 bits per heavy atom. The van der Waals surface area contributed by atoms with E-state index in [9.17, 15) is 14.4 Å². The normalized spacial score (nSPS) is 11.1. The number of aliphatic hydroxyl groups excluding tert-OH is 1. The lowest BCUT2D eigenvalue weighted by atomic mass is 10.5. The lowest BCUT2D eigenvalue weighted by Crippen LogP contribution is -2.44. The SMILES string of the molecule is C=CC(=O)OOC(=O)C(O)NC(=O)CN. The van der Waals surface area contributed by atoms with Crippen molar-refractivity contribution in [3.63, 3.8) is 0 Å². The summed E-state index contributed by atoms with van der Waals surface area (Å²) < 4.78 is 0. The molecule has 0 radical (unpaired) electrons. The first-order valence-corrected chi connectivity index (χ1v) is 3.73. The Bertz CT molecular complexity index is 277. The van der Waals surface area contributed by atoms with E-state index in [1.807, 2.05) is 0 Å². The fraction of sp³-hybridized carbons (Fsp3) is 0.286. The van der Waals surface area contributed by atoms with Gasteiger partial charge >= 0.3 is 11.9 Å². The number of amides is 1. The third kappa shape index (κ3) is 5.39. The molecule has 1 amide bonds. The predicted octanol–water partition coefficient (Wildman–Crippen LogP) is -2.43. The first-order chi connectivity index (χ1) is 7.01. The van der Waals surface area contributed by atoms with E-state index in [0.29, 0.717) is 0 Å². The Labute approximate surface area is 84.6 Å². The Hall–Kier alpha value is -1.93. The lowest BCUT2D eigenvalue weighted by Gasteiger charge is -2.09. The molecule has 4 N–H and O–H groups in total. The van der Waals surface area contributed by atoms with Crippen molar-refractivity contribution in [1.29, 1.82) is 0 Å². The van der Waals surface area contributed by atoms with Crippen LogP contribution < -0.4 is 11.1 Å². The molecule has 1 atom stereocenters. The van der Waals surface area contributed by atoms with Crippen LogP contribution in [-0.4, -0.2) is 35.7 Å². The summed E-state index contributed by atoms with van der Waals surface area (Å²) in [6.07, 6.45) is -1.20. The van der Waals surface area contributed by atoms with Crippen LogP contribution in [0.25, 0.3) is 0 Å². The second-order valence-electron chi connectivity index (χ2n) is 2.18. The number of aliphatic hydroxyl groups is 1. The highest BCUT2D eigenvalue weighted by atomic mass is 17.2. The average Bonchev–Trinajstić information content (AvgIpc) is 2.24. The van der Waals surface area contributed by atoms with Gasteiger partial charge < -0.3 is 16.2 Å². The van der Waals surface area contributed by atoms with Gasteiger partial charge in [0.15, 0.2) is 0 Å². The van der Waals surface area contributed by atoms with Crippen molar-refractivity contribution in [2.75, 3.05) is 6.54 Å². The van der Waals surface area contributed by atoms with Gasteiger partial charge in [0, 0.05) is 6.08 Å². The van der Waals surface area contributed by atoms with Gasteiger partial charge in [-0.1, -0.05) is 6.58 Å². The molecule has 0 aromatic carbocycles.